The average molecular weight is 426 g/mol. The lowest BCUT2D eigenvalue weighted by Crippen LogP contribution is -2.09. The zero-order valence-electron chi connectivity index (χ0n) is 19.6. The molecule has 1 atom stereocenters. The van der Waals surface area contributed by atoms with Crippen LogP contribution in [0.4, 0.5) is 0 Å². The van der Waals surface area contributed by atoms with E-state index in [1.54, 1.807) is 6.20 Å². The summed E-state index contributed by atoms with van der Waals surface area (Å²) in [6.07, 6.45) is 13.1. The summed E-state index contributed by atoms with van der Waals surface area (Å²) in [5.74, 6) is 1.76. The molecule has 31 heavy (non-hydrogen) atoms. The summed E-state index contributed by atoms with van der Waals surface area (Å²) >= 11 is 0. The van der Waals surface area contributed by atoms with E-state index in [4.69, 9.17) is 9.47 Å². The van der Waals surface area contributed by atoms with Gasteiger partial charge < -0.3 is 9.47 Å². The van der Waals surface area contributed by atoms with Crippen LogP contribution in [0, 0.1) is 5.92 Å². The minimum Gasteiger partial charge on any atom is -0.492 e. The van der Waals surface area contributed by atoms with E-state index in [0.29, 0.717) is 18.1 Å². The molecule has 0 saturated carbocycles. The smallest absolute Gasteiger partial charge is 0.311 e. The third-order valence-corrected chi connectivity index (χ3v) is 5.67. The molecule has 0 fully saturated rings. The number of pyridine rings is 1. The molecule has 0 aliphatic rings. The van der Waals surface area contributed by atoms with Crippen LogP contribution in [-0.4, -0.2) is 17.6 Å². The Balaban J connectivity index is 1.72. The Morgan fingerprint density at radius 3 is 2.23 bits per heavy atom. The van der Waals surface area contributed by atoms with Gasteiger partial charge in [0.15, 0.2) is 0 Å². The predicted octanol–water partition coefficient (Wildman–Crippen LogP) is 7.61. The molecule has 0 radical (unpaired) electrons. The number of carbonyl (C=O) groups is 1. The van der Waals surface area contributed by atoms with Crippen LogP contribution >= 0.6 is 0 Å². The molecule has 1 aromatic carbocycles. The molecule has 0 bridgehead atoms. The maximum atomic E-state index is 12.0. The lowest BCUT2D eigenvalue weighted by Gasteiger charge is -2.09. The fourth-order valence-corrected chi connectivity index (χ4v) is 3.33. The monoisotopic (exact) mass is 425 g/mol. The molecule has 0 amide bonds. The summed E-state index contributed by atoms with van der Waals surface area (Å²) in [7, 11) is 0. The Morgan fingerprint density at radius 2 is 1.58 bits per heavy atom. The van der Waals surface area contributed by atoms with E-state index in [2.05, 4.69) is 25.8 Å². The topological polar surface area (TPSA) is 48.4 Å². The highest BCUT2D eigenvalue weighted by Gasteiger charge is 2.08. The Labute approximate surface area is 188 Å². The SMILES string of the molecule is CCCCCCCCCOc1ccc(-c2ccc(OC(=O)CCC(C)CC)cc2)nc1. The Hall–Kier alpha value is -2.36. The van der Waals surface area contributed by atoms with Gasteiger partial charge in [-0.1, -0.05) is 65.7 Å². The quantitative estimate of drug-likeness (QED) is 0.167. The van der Waals surface area contributed by atoms with Crippen LogP contribution in [0.25, 0.3) is 11.3 Å². The van der Waals surface area contributed by atoms with Gasteiger partial charge in [0.2, 0.25) is 0 Å². The largest absolute Gasteiger partial charge is 0.492 e. The fraction of sp³-hybridized carbons (Fsp3) is 0.556. The molecule has 4 nitrogen and oxygen atoms in total. The maximum Gasteiger partial charge on any atom is 0.311 e. The van der Waals surface area contributed by atoms with Gasteiger partial charge in [0, 0.05) is 12.0 Å². The van der Waals surface area contributed by atoms with Gasteiger partial charge in [0.05, 0.1) is 18.5 Å². The van der Waals surface area contributed by atoms with Gasteiger partial charge in [-0.05, 0) is 55.2 Å². The van der Waals surface area contributed by atoms with Gasteiger partial charge in [0.1, 0.15) is 11.5 Å². The van der Waals surface area contributed by atoms with Crippen LogP contribution in [0.15, 0.2) is 42.6 Å². The molecule has 0 aliphatic heterocycles. The normalized spacial score (nSPS) is 11.8. The van der Waals surface area contributed by atoms with E-state index in [9.17, 15) is 4.79 Å². The molecular formula is C27H39NO3. The Kier molecular flexibility index (Phi) is 11.7. The van der Waals surface area contributed by atoms with E-state index < -0.39 is 0 Å². The van der Waals surface area contributed by atoms with Crippen molar-refractivity contribution < 1.29 is 14.3 Å². The second-order valence-corrected chi connectivity index (χ2v) is 8.40. The van der Waals surface area contributed by atoms with Crippen molar-refractivity contribution in [1.82, 2.24) is 4.98 Å². The van der Waals surface area contributed by atoms with Crippen LogP contribution < -0.4 is 9.47 Å². The summed E-state index contributed by atoms with van der Waals surface area (Å²) in [5.41, 5.74) is 1.86. The van der Waals surface area contributed by atoms with Gasteiger partial charge in [-0.15, -0.1) is 0 Å². The van der Waals surface area contributed by atoms with Gasteiger partial charge in [-0.2, -0.15) is 0 Å². The van der Waals surface area contributed by atoms with E-state index >= 15 is 0 Å². The molecule has 0 spiro atoms. The number of nitrogens with zero attached hydrogens (tertiary/aromatic N) is 1. The number of carbonyl (C=O) groups excluding carboxylic acids is 1. The number of hydrogen-bond donors (Lipinski definition) is 0. The van der Waals surface area contributed by atoms with Crippen molar-refractivity contribution in [2.75, 3.05) is 6.61 Å². The number of ether oxygens (including phenoxy) is 2. The molecule has 4 heteroatoms. The lowest BCUT2D eigenvalue weighted by molar-refractivity contribution is -0.134. The molecule has 1 heterocycles. The van der Waals surface area contributed by atoms with Gasteiger partial charge >= 0.3 is 5.97 Å². The minimum atomic E-state index is -0.173. The number of hydrogen-bond acceptors (Lipinski definition) is 4. The van der Waals surface area contributed by atoms with Crippen LogP contribution in [0.2, 0.25) is 0 Å². The van der Waals surface area contributed by atoms with Crippen molar-refractivity contribution in [2.45, 2.75) is 85.0 Å². The Morgan fingerprint density at radius 1 is 0.903 bits per heavy atom. The van der Waals surface area contributed by atoms with E-state index in [0.717, 1.165) is 42.9 Å². The number of benzene rings is 1. The molecular weight excluding hydrogens is 386 g/mol. The maximum absolute atomic E-state index is 12.0. The van der Waals surface area contributed by atoms with Crippen LogP contribution in [-0.2, 0) is 4.79 Å². The van der Waals surface area contributed by atoms with Crippen LogP contribution in [0.1, 0.15) is 85.0 Å². The number of rotatable bonds is 15. The molecule has 0 aliphatic carbocycles. The van der Waals surface area contributed by atoms with Crippen molar-refractivity contribution in [1.29, 1.82) is 0 Å². The molecule has 2 rings (SSSR count). The molecule has 0 N–H and O–H groups in total. The summed E-state index contributed by atoms with van der Waals surface area (Å²) in [5, 5.41) is 0. The molecule has 1 aromatic heterocycles. The highest BCUT2D eigenvalue weighted by molar-refractivity contribution is 5.72. The third kappa shape index (κ3) is 9.99. The first-order valence-electron chi connectivity index (χ1n) is 12.0. The first kappa shape index (κ1) is 24.9. The standard InChI is InChI=1S/C27H39NO3/c1-4-6-7-8-9-10-11-20-30-25-17-18-26(28-21-25)23-13-15-24(16-14-23)31-27(29)19-12-22(3)5-2/h13-18,21-22H,4-12,19-20H2,1-3H3. The first-order valence-corrected chi connectivity index (χ1v) is 12.0. The Bertz CT molecular complexity index is 740. The van der Waals surface area contributed by atoms with Crippen molar-refractivity contribution in [2.24, 2.45) is 5.92 Å². The number of aromatic nitrogens is 1. The van der Waals surface area contributed by atoms with E-state index in [1.807, 2.05) is 36.4 Å². The van der Waals surface area contributed by atoms with Crippen molar-refractivity contribution >= 4 is 5.97 Å². The van der Waals surface area contributed by atoms with Crippen LogP contribution in [0.5, 0.6) is 11.5 Å². The second-order valence-electron chi connectivity index (χ2n) is 8.40. The summed E-state index contributed by atoms with van der Waals surface area (Å²) in [4.78, 5) is 16.5. The highest BCUT2D eigenvalue weighted by Crippen LogP contribution is 2.23. The van der Waals surface area contributed by atoms with Gasteiger partial charge in [0.25, 0.3) is 0 Å². The van der Waals surface area contributed by atoms with E-state index in [1.165, 1.54) is 38.5 Å². The van der Waals surface area contributed by atoms with Crippen molar-refractivity contribution in [3.63, 3.8) is 0 Å². The molecule has 1 unspecified atom stereocenters. The predicted molar refractivity (Wildman–Crippen MR) is 127 cm³/mol. The summed E-state index contributed by atoms with van der Waals surface area (Å²) in [6, 6.07) is 11.4. The highest BCUT2D eigenvalue weighted by atomic mass is 16.5. The zero-order chi connectivity index (χ0) is 22.3. The van der Waals surface area contributed by atoms with Gasteiger partial charge in [-0.3, -0.25) is 9.78 Å². The van der Waals surface area contributed by atoms with E-state index in [-0.39, 0.29) is 5.97 Å². The molecule has 2 aromatic rings. The average Bonchev–Trinajstić information content (AvgIpc) is 2.80. The lowest BCUT2D eigenvalue weighted by atomic mass is 10.0. The molecule has 170 valence electrons. The fourth-order valence-electron chi connectivity index (χ4n) is 3.33. The summed E-state index contributed by atoms with van der Waals surface area (Å²) in [6.45, 7) is 7.28. The number of esters is 1. The zero-order valence-corrected chi connectivity index (χ0v) is 19.6. The third-order valence-electron chi connectivity index (χ3n) is 5.67. The minimum absolute atomic E-state index is 0.173. The van der Waals surface area contributed by atoms with Crippen molar-refractivity contribution in [3.05, 3.63) is 42.6 Å². The van der Waals surface area contributed by atoms with Crippen molar-refractivity contribution in [3.8, 4) is 22.8 Å². The molecule has 0 saturated heterocycles. The van der Waals surface area contributed by atoms with Gasteiger partial charge in [-0.25, -0.2) is 0 Å². The first-order chi connectivity index (χ1) is 15.1. The van der Waals surface area contributed by atoms with Crippen LogP contribution in [0.3, 0.4) is 0 Å². The number of unbranched alkanes of at least 4 members (excludes halogenated alkanes) is 6. The summed E-state index contributed by atoms with van der Waals surface area (Å²) < 4.78 is 11.2. The second kappa shape index (κ2) is 14.6.